The predicted octanol–water partition coefficient (Wildman–Crippen LogP) is 6.45. The van der Waals surface area contributed by atoms with Gasteiger partial charge in [-0.25, -0.2) is 0 Å². The number of rotatable bonds is 3. The predicted molar refractivity (Wildman–Crippen MR) is 102 cm³/mol. The molecule has 1 nitrogen and oxygen atoms in total. The first-order valence-electron chi connectivity index (χ1n) is 7.32. The first kappa shape index (κ1) is 16.3. The van der Waals surface area contributed by atoms with Crippen molar-refractivity contribution in [3.63, 3.8) is 0 Å². The molecule has 0 radical (unpaired) electrons. The molecule has 1 atom stereocenters. The summed E-state index contributed by atoms with van der Waals surface area (Å²) in [6.07, 6.45) is 0.824. The molecular weight excluding hydrogens is 372 g/mol. The summed E-state index contributed by atoms with van der Waals surface area (Å²) in [5.74, 6) is 0. The fraction of sp³-hybridized carbons (Fsp3) is 0.100. The third kappa shape index (κ3) is 2.83. The number of aliphatic hydroxyl groups is 1. The minimum atomic E-state index is -0.735. The van der Waals surface area contributed by atoms with Crippen LogP contribution in [0.2, 0.25) is 5.02 Å². The van der Waals surface area contributed by atoms with E-state index >= 15 is 0 Å². The van der Waals surface area contributed by atoms with Gasteiger partial charge in [-0.05, 0) is 68.0 Å². The number of benzene rings is 3. The van der Waals surface area contributed by atoms with Crippen molar-refractivity contribution in [3.8, 4) is 11.1 Å². The Hall–Kier alpha value is -1.61. The molecular formula is C20H16BrClO. The Morgan fingerprint density at radius 2 is 1.70 bits per heavy atom. The number of hydrogen-bond donors (Lipinski definition) is 1. The van der Waals surface area contributed by atoms with E-state index in [9.17, 15) is 5.11 Å². The van der Waals surface area contributed by atoms with Gasteiger partial charge in [0.05, 0.1) is 6.10 Å². The Morgan fingerprint density at radius 3 is 2.30 bits per heavy atom. The maximum Gasteiger partial charge on any atom is 0.0978 e. The van der Waals surface area contributed by atoms with E-state index in [2.05, 4.69) is 34.6 Å². The third-order valence-corrected chi connectivity index (χ3v) is 5.36. The van der Waals surface area contributed by atoms with Gasteiger partial charge in [-0.2, -0.15) is 0 Å². The molecule has 23 heavy (non-hydrogen) atoms. The average molecular weight is 388 g/mol. The van der Waals surface area contributed by atoms with Crippen LogP contribution in [0.25, 0.3) is 21.9 Å². The van der Waals surface area contributed by atoms with Crippen LogP contribution in [0, 0.1) is 6.92 Å². The number of halogens is 2. The van der Waals surface area contributed by atoms with E-state index in [1.807, 2.05) is 43.3 Å². The van der Waals surface area contributed by atoms with Crippen LogP contribution in [0.15, 0.2) is 65.7 Å². The molecule has 0 heterocycles. The highest BCUT2D eigenvalue weighted by Crippen LogP contribution is 2.42. The third-order valence-electron chi connectivity index (χ3n) is 4.09. The van der Waals surface area contributed by atoms with E-state index in [0.29, 0.717) is 5.02 Å². The van der Waals surface area contributed by atoms with Gasteiger partial charge < -0.3 is 5.11 Å². The van der Waals surface area contributed by atoms with Crippen LogP contribution in [-0.4, -0.2) is 5.11 Å². The number of fused-ring (bicyclic) bond motifs is 1. The van der Waals surface area contributed by atoms with Crippen molar-refractivity contribution < 1.29 is 5.11 Å². The second-order valence-corrected chi connectivity index (χ2v) is 6.69. The van der Waals surface area contributed by atoms with E-state index in [1.54, 1.807) is 6.08 Å². The summed E-state index contributed by atoms with van der Waals surface area (Å²) in [6.45, 7) is 5.76. The van der Waals surface area contributed by atoms with Gasteiger partial charge >= 0.3 is 0 Å². The zero-order valence-electron chi connectivity index (χ0n) is 12.7. The van der Waals surface area contributed by atoms with Gasteiger partial charge in [-0.15, -0.1) is 6.58 Å². The summed E-state index contributed by atoms with van der Waals surface area (Å²) >= 11 is 9.71. The topological polar surface area (TPSA) is 20.2 Å². The SMILES string of the molecule is C=C[C@@H](O)c1c(C)c(Br)c2ccccc2c1-c1ccc(Cl)cc1. The van der Waals surface area contributed by atoms with Crippen LogP contribution < -0.4 is 0 Å². The lowest BCUT2D eigenvalue weighted by molar-refractivity contribution is 0.229. The molecule has 3 aromatic rings. The van der Waals surface area contributed by atoms with E-state index in [4.69, 9.17) is 11.6 Å². The van der Waals surface area contributed by atoms with Crippen molar-refractivity contribution in [2.75, 3.05) is 0 Å². The Bertz CT molecular complexity index is 884. The van der Waals surface area contributed by atoms with Crippen molar-refractivity contribution in [3.05, 3.63) is 81.8 Å². The summed E-state index contributed by atoms with van der Waals surface area (Å²) in [5, 5.41) is 13.4. The molecule has 0 saturated carbocycles. The summed E-state index contributed by atoms with van der Waals surface area (Å²) in [6, 6.07) is 15.9. The molecule has 116 valence electrons. The molecule has 0 amide bonds. The van der Waals surface area contributed by atoms with Gasteiger partial charge in [0.1, 0.15) is 0 Å². The molecule has 0 aliphatic rings. The molecule has 0 aliphatic heterocycles. The summed E-state index contributed by atoms with van der Waals surface area (Å²) in [7, 11) is 0. The molecule has 0 aliphatic carbocycles. The zero-order chi connectivity index (χ0) is 16.6. The molecule has 0 spiro atoms. The van der Waals surface area contributed by atoms with Gasteiger partial charge in [0.2, 0.25) is 0 Å². The maximum atomic E-state index is 10.5. The van der Waals surface area contributed by atoms with Crippen molar-refractivity contribution in [1.82, 2.24) is 0 Å². The van der Waals surface area contributed by atoms with Gasteiger partial charge in [-0.3, -0.25) is 0 Å². The fourth-order valence-corrected chi connectivity index (χ4v) is 3.65. The first-order valence-corrected chi connectivity index (χ1v) is 8.49. The molecule has 0 bridgehead atoms. The smallest absolute Gasteiger partial charge is 0.0978 e. The van der Waals surface area contributed by atoms with Crippen LogP contribution in [-0.2, 0) is 0 Å². The molecule has 3 rings (SSSR count). The fourth-order valence-electron chi connectivity index (χ4n) is 2.96. The Kier molecular flexibility index (Phi) is 4.58. The molecule has 3 heteroatoms. The molecule has 0 fully saturated rings. The van der Waals surface area contributed by atoms with Crippen LogP contribution >= 0.6 is 27.5 Å². The molecule has 0 aromatic heterocycles. The van der Waals surface area contributed by atoms with Crippen molar-refractivity contribution in [1.29, 1.82) is 0 Å². The summed E-state index contributed by atoms with van der Waals surface area (Å²) in [5.41, 5.74) is 3.93. The number of aliphatic hydroxyl groups excluding tert-OH is 1. The minimum Gasteiger partial charge on any atom is -0.384 e. The van der Waals surface area contributed by atoms with Crippen LogP contribution in [0.5, 0.6) is 0 Å². The van der Waals surface area contributed by atoms with Gasteiger partial charge in [-0.1, -0.05) is 54.1 Å². The van der Waals surface area contributed by atoms with Crippen molar-refractivity contribution in [2.45, 2.75) is 13.0 Å². The Balaban J connectivity index is 2.48. The van der Waals surface area contributed by atoms with E-state index < -0.39 is 6.10 Å². The van der Waals surface area contributed by atoms with Crippen LogP contribution in [0.3, 0.4) is 0 Å². The maximum absolute atomic E-state index is 10.5. The van der Waals surface area contributed by atoms with Crippen molar-refractivity contribution >= 4 is 38.3 Å². The average Bonchev–Trinajstić information content (AvgIpc) is 2.58. The van der Waals surface area contributed by atoms with Crippen LogP contribution in [0.1, 0.15) is 17.2 Å². The van der Waals surface area contributed by atoms with Gasteiger partial charge in [0.25, 0.3) is 0 Å². The Morgan fingerprint density at radius 1 is 1.09 bits per heavy atom. The first-order chi connectivity index (χ1) is 11.0. The highest BCUT2D eigenvalue weighted by Gasteiger charge is 2.20. The molecule has 1 N–H and O–H groups in total. The quantitative estimate of drug-likeness (QED) is 0.512. The standard InChI is InChI=1S/C20H16BrClO/c1-3-17(23)18-12(2)20(21)16-7-5-4-6-15(16)19(18)13-8-10-14(22)11-9-13/h3-11,17,23H,1H2,2H3/t17-/m1/s1. The summed E-state index contributed by atoms with van der Waals surface area (Å²) in [4.78, 5) is 0. The minimum absolute atomic E-state index is 0.692. The lowest BCUT2D eigenvalue weighted by Crippen LogP contribution is -2.02. The lowest BCUT2D eigenvalue weighted by atomic mass is 9.87. The normalized spacial score (nSPS) is 12.3. The highest BCUT2D eigenvalue weighted by atomic mass is 79.9. The van der Waals surface area contributed by atoms with E-state index in [-0.39, 0.29) is 0 Å². The highest BCUT2D eigenvalue weighted by molar-refractivity contribution is 9.10. The van der Waals surface area contributed by atoms with Crippen molar-refractivity contribution in [2.24, 2.45) is 0 Å². The zero-order valence-corrected chi connectivity index (χ0v) is 15.0. The molecule has 0 saturated heterocycles. The number of hydrogen-bond acceptors (Lipinski definition) is 1. The van der Waals surface area contributed by atoms with E-state index in [1.165, 1.54) is 0 Å². The second kappa shape index (κ2) is 6.48. The monoisotopic (exact) mass is 386 g/mol. The second-order valence-electron chi connectivity index (χ2n) is 5.46. The Labute approximate surface area is 149 Å². The van der Waals surface area contributed by atoms with Gasteiger partial charge in [0.15, 0.2) is 0 Å². The van der Waals surface area contributed by atoms with E-state index in [0.717, 1.165) is 37.5 Å². The summed E-state index contributed by atoms with van der Waals surface area (Å²) < 4.78 is 1.00. The molecule has 0 unspecified atom stereocenters. The molecule has 3 aromatic carbocycles. The van der Waals surface area contributed by atoms with Crippen LogP contribution in [0.4, 0.5) is 0 Å². The van der Waals surface area contributed by atoms with Gasteiger partial charge in [0, 0.05) is 9.50 Å². The lowest BCUT2D eigenvalue weighted by Gasteiger charge is -2.21. The largest absolute Gasteiger partial charge is 0.384 e.